The van der Waals surface area contributed by atoms with Crippen molar-refractivity contribution in [3.8, 4) is 5.75 Å². The first-order valence-corrected chi connectivity index (χ1v) is 5.93. The molecule has 96 valence electrons. The maximum absolute atomic E-state index is 11.8. The summed E-state index contributed by atoms with van der Waals surface area (Å²) in [5, 5.41) is 2.78. The fourth-order valence-electron chi connectivity index (χ4n) is 1.79. The zero-order valence-electron chi connectivity index (χ0n) is 11.2. The third kappa shape index (κ3) is 2.64. The molecule has 0 aliphatic heterocycles. The van der Waals surface area contributed by atoms with Gasteiger partial charge in [0, 0.05) is 23.5 Å². The average Bonchev–Trinajstić information content (AvgIpc) is 2.53. The Morgan fingerprint density at radius 2 is 2.06 bits per heavy atom. The van der Waals surface area contributed by atoms with Gasteiger partial charge < -0.3 is 14.5 Å². The summed E-state index contributed by atoms with van der Waals surface area (Å²) in [6.07, 6.45) is 3.44. The lowest BCUT2D eigenvalue weighted by molar-refractivity contribution is 0.191. The summed E-state index contributed by atoms with van der Waals surface area (Å²) >= 11 is 0. The molecule has 2 aromatic heterocycles. The van der Waals surface area contributed by atoms with Gasteiger partial charge in [0.05, 0.1) is 5.52 Å². The van der Waals surface area contributed by atoms with Crippen LogP contribution in [0.4, 0.5) is 4.79 Å². The molecular formula is C14H18N2O2. The van der Waals surface area contributed by atoms with Gasteiger partial charge in [0.2, 0.25) is 0 Å². The Bertz CT molecular complexity index is 579. The van der Waals surface area contributed by atoms with Gasteiger partial charge in [-0.2, -0.15) is 0 Å². The lowest BCUT2D eigenvalue weighted by Gasteiger charge is -2.19. The highest BCUT2D eigenvalue weighted by atomic mass is 16.6. The number of carbonyl (C=O) groups excluding carboxylic acids is 1. The quantitative estimate of drug-likeness (QED) is 0.840. The van der Waals surface area contributed by atoms with Gasteiger partial charge in [-0.3, -0.25) is 0 Å². The first kappa shape index (κ1) is 12.5. The van der Waals surface area contributed by atoms with E-state index in [1.165, 1.54) is 0 Å². The standard InChI is InChI=1S/C14H18N2O2/c1-10-9-16-8-6-5-7-11(16)12(10)18-13(17)15-14(2,3)4/h5-9H,1-4H3,(H,15,17). The molecule has 0 spiro atoms. The molecule has 0 unspecified atom stereocenters. The predicted molar refractivity (Wildman–Crippen MR) is 71.0 cm³/mol. The molecule has 0 saturated heterocycles. The summed E-state index contributed by atoms with van der Waals surface area (Å²) in [6.45, 7) is 7.67. The van der Waals surface area contributed by atoms with E-state index in [-0.39, 0.29) is 5.54 Å². The van der Waals surface area contributed by atoms with Crippen LogP contribution in [0.2, 0.25) is 0 Å². The number of hydrogen-bond donors (Lipinski definition) is 1. The number of nitrogens with zero attached hydrogens (tertiary/aromatic N) is 1. The Morgan fingerprint density at radius 1 is 1.33 bits per heavy atom. The molecule has 2 heterocycles. The maximum Gasteiger partial charge on any atom is 0.413 e. The minimum absolute atomic E-state index is 0.305. The average molecular weight is 246 g/mol. The van der Waals surface area contributed by atoms with E-state index >= 15 is 0 Å². The van der Waals surface area contributed by atoms with Gasteiger partial charge >= 0.3 is 6.09 Å². The molecule has 0 aliphatic rings. The van der Waals surface area contributed by atoms with Gasteiger partial charge in [-0.15, -0.1) is 0 Å². The zero-order valence-corrected chi connectivity index (χ0v) is 11.2. The third-order valence-corrected chi connectivity index (χ3v) is 2.49. The molecule has 0 aliphatic carbocycles. The number of aryl methyl sites for hydroxylation is 1. The van der Waals surface area contributed by atoms with Gasteiger partial charge in [-0.25, -0.2) is 4.79 Å². The molecule has 4 nitrogen and oxygen atoms in total. The summed E-state index contributed by atoms with van der Waals surface area (Å²) in [6, 6.07) is 5.78. The first-order chi connectivity index (χ1) is 8.37. The number of fused-ring (bicyclic) bond motifs is 1. The number of amides is 1. The van der Waals surface area contributed by atoms with E-state index in [1.807, 2.05) is 62.7 Å². The summed E-state index contributed by atoms with van der Waals surface area (Å²) < 4.78 is 7.34. The Morgan fingerprint density at radius 3 is 2.72 bits per heavy atom. The molecule has 4 heteroatoms. The molecule has 0 aromatic carbocycles. The van der Waals surface area contributed by atoms with Gasteiger partial charge in [-0.1, -0.05) is 6.07 Å². The minimum atomic E-state index is -0.428. The minimum Gasteiger partial charge on any atom is -0.408 e. The summed E-state index contributed by atoms with van der Waals surface area (Å²) in [5.74, 6) is 0.609. The van der Waals surface area contributed by atoms with Crippen LogP contribution in [0.25, 0.3) is 5.52 Å². The molecule has 0 saturated carbocycles. The van der Waals surface area contributed by atoms with Crippen LogP contribution < -0.4 is 10.1 Å². The second-order valence-electron chi connectivity index (χ2n) is 5.40. The van der Waals surface area contributed by atoms with E-state index in [0.717, 1.165) is 11.1 Å². The van der Waals surface area contributed by atoms with Crippen molar-refractivity contribution < 1.29 is 9.53 Å². The Hall–Kier alpha value is -1.97. The van der Waals surface area contributed by atoms with E-state index < -0.39 is 6.09 Å². The molecular weight excluding hydrogens is 228 g/mol. The smallest absolute Gasteiger partial charge is 0.408 e. The summed E-state index contributed by atoms with van der Waals surface area (Å²) in [7, 11) is 0. The van der Waals surface area contributed by atoms with Crippen LogP contribution in [0.5, 0.6) is 5.75 Å². The van der Waals surface area contributed by atoms with Crippen LogP contribution in [0.15, 0.2) is 30.6 Å². The van der Waals surface area contributed by atoms with Crippen molar-refractivity contribution in [3.05, 3.63) is 36.2 Å². The van der Waals surface area contributed by atoms with Crippen LogP contribution in [-0.2, 0) is 0 Å². The molecule has 1 amide bonds. The highest BCUT2D eigenvalue weighted by Gasteiger charge is 2.18. The molecule has 1 N–H and O–H groups in total. The second-order valence-corrected chi connectivity index (χ2v) is 5.40. The molecule has 2 aromatic rings. The number of hydrogen-bond acceptors (Lipinski definition) is 2. The lowest BCUT2D eigenvalue weighted by Crippen LogP contribution is -2.42. The predicted octanol–water partition coefficient (Wildman–Crippen LogP) is 3.13. The van der Waals surface area contributed by atoms with E-state index in [9.17, 15) is 4.79 Å². The number of pyridine rings is 1. The van der Waals surface area contributed by atoms with Crippen LogP contribution in [0.1, 0.15) is 26.3 Å². The zero-order chi connectivity index (χ0) is 13.3. The van der Waals surface area contributed by atoms with Crippen molar-refractivity contribution >= 4 is 11.6 Å². The Kier molecular flexibility index (Phi) is 3.03. The second kappa shape index (κ2) is 4.37. The molecule has 2 rings (SSSR count). The van der Waals surface area contributed by atoms with Crippen LogP contribution in [0.3, 0.4) is 0 Å². The fourth-order valence-corrected chi connectivity index (χ4v) is 1.79. The van der Waals surface area contributed by atoms with Crippen LogP contribution >= 0.6 is 0 Å². The normalized spacial score (nSPS) is 11.6. The molecule has 0 radical (unpaired) electrons. The van der Waals surface area contributed by atoms with E-state index in [0.29, 0.717) is 5.75 Å². The monoisotopic (exact) mass is 246 g/mol. The number of rotatable bonds is 1. The first-order valence-electron chi connectivity index (χ1n) is 5.93. The van der Waals surface area contributed by atoms with Gasteiger partial charge in [0.15, 0.2) is 5.75 Å². The van der Waals surface area contributed by atoms with Gasteiger partial charge in [-0.05, 0) is 39.8 Å². The number of carbonyl (C=O) groups is 1. The summed E-state index contributed by atoms with van der Waals surface area (Å²) in [4.78, 5) is 11.8. The van der Waals surface area contributed by atoms with Crippen LogP contribution in [0, 0.1) is 6.92 Å². The van der Waals surface area contributed by atoms with Gasteiger partial charge in [0.1, 0.15) is 0 Å². The van der Waals surface area contributed by atoms with E-state index in [2.05, 4.69) is 5.32 Å². The molecule has 0 fully saturated rings. The largest absolute Gasteiger partial charge is 0.413 e. The topological polar surface area (TPSA) is 42.7 Å². The lowest BCUT2D eigenvalue weighted by atomic mass is 10.1. The van der Waals surface area contributed by atoms with Crippen molar-refractivity contribution in [2.75, 3.05) is 0 Å². The molecule has 18 heavy (non-hydrogen) atoms. The van der Waals surface area contributed by atoms with Crippen molar-refractivity contribution in [2.24, 2.45) is 0 Å². The van der Waals surface area contributed by atoms with E-state index in [4.69, 9.17) is 4.74 Å². The van der Waals surface area contributed by atoms with Crippen molar-refractivity contribution in [3.63, 3.8) is 0 Å². The van der Waals surface area contributed by atoms with Crippen molar-refractivity contribution in [2.45, 2.75) is 33.2 Å². The third-order valence-electron chi connectivity index (χ3n) is 2.49. The fraction of sp³-hybridized carbons (Fsp3) is 0.357. The number of ether oxygens (including phenoxy) is 1. The number of nitrogens with one attached hydrogen (secondary N) is 1. The van der Waals surface area contributed by atoms with Crippen molar-refractivity contribution in [1.82, 2.24) is 9.72 Å². The highest BCUT2D eigenvalue weighted by Crippen LogP contribution is 2.26. The Labute approximate surface area is 107 Å². The number of aromatic nitrogens is 1. The van der Waals surface area contributed by atoms with Gasteiger partial charge in [0.25, 0.3) is 0 Å². The molecule has 0 bridgehead atoms. The Balaban J connectivity index is 2.27. The molecule has 0 atom stereocenters. The summed E-state index contributed by atoms with van der Waals surface area (Å²) in [5.41, 5.74) is 1.52. The highest BCUT2D eigenvalue weighted by molar-refractivity contribution is 5.76. The van der Waals surface area contributed by atoms with Crippen LogP contribution in [-0.4, -0.2) is 16.0 Å². The SMILES string of the molecule is Cc1cn2ccccc2c1OC(=O)NC(C)(C)C. The van der Waals surface area contributed by atoms with Crippen molar-refractivity contribution in [1.29, 1.82) is 0 Å². The van der Waals surface area contributed by atoms with E-state index in [1.54, 1.807) is 0 Å². The maximum atomic E-state index is 11.8.